The molecule has 1 aromatic heterocycles. The van der Waals surface area contributed by atoms with Gasteiger partial charge >= 0.3 is 0 Å². The van der Waals surface area contributed by atoms with Crippen molar-refractivity contribution in [2.24, 2.45) is 0 Å². The first-order chi connectivity index (χ1) is 13.1. The van der Waals surface area contributed by atoms with Gasteiger partial charge in [-0.1, -0.05) is 18.2 Å². The maximum atomic E-state index is 12.6. The molecule has 1 aliphatic rings. The minimum absolute atomic E-state index is 0.0133. The standard InChI is InChI=1S/C20H17N3O4/c24-19(22-17-5-1-3-13-4-2-9-21-20(13)17)11-14-8-10-27-18-12-15(23(25)26)6-7-16(14)18/h1-7,9,12,14H,8,10-11H2,(H,22,24). The van der Waals surface area contributed by atoms with Crippen LogP contribution in [0.4, 0.5) is 11.4 Å². The van der Waals surface area contributed by atoms with Gasteiger partial charge in [0.2, 0.25) is 5.91 Å². The van der Waals surface area contributed by atoms with Gasteiger partial charge in [0.15, 0.2) is 0 Å². The molecule has 2 heterocycles. The van der Waals surface area contributed by atoms with Gasteiger partial charge in [0.1, 0.15) is 5.75 Å². The number of carbonyl (C=O) groups is 1. The van der Waals surface area contributed by atoms with Crippen molar-refractivity contribution in [1.82, 2.24) is 4.98 Å². The maximum Gasteiger partial charge on any atom is 0.273 e. The van der Waals surface area contributed by atoms with Crippen LogP contribution < -0.4 is 10.1 Å². The van der Waals surface area contributed by atoms with Crippen LogP contribution >= 0.6 is 0 Å². The number of benzene rings is 2. The minimum atomic E-state index is -0.451. The van der Waals surface area contributed by atoms with Crippen LogP contribution in [0.25, 0.3) is 10.9 Å². The molecule has 0 saturated heterocycles. The number of nitro groups is 1. The van der Waals surface area contributed by atoms with E-state index in [2.05, 4.69) is 10.3 Å². The molecule has 1 unspecified atom stereocenters. The molecule has 0 fully saturated rings. The third-order valence-electron chi connectivity index (χ3n) is 4.71. The summed E-state index contributed by atoms with van der Waals surface area (Å²) in [4.78, 5) is 27.5. The molecule has 1 amide bonds. The second-order valence-electron chi connectivity index (χ2n) is 6.45. The molecule has 0 aliphatic carbocycles. The quantitative estimate of drug-likeness (QED) is 0.558. The fourth-order valence-corrected chi connectivity index (χ4v) is 3.41. The number of rotatable bonds is 4. The summed E-state index contributed by atoms with van der Waals surface area (Å²) in [6.07, 6.45) is 2.66. The fraction of sp³-hybridized carbons (Fsp3) is 0.200. The summed E-state index contributed by atoms with van der Waals surface area (Å²) in [7, 11) is 0. The number of hydrogen-bond acceptors (Lipinski definition) is 5. The molecule has 27 heavy (non-hydrogen) atoms. The molecule has 7 nitrogen and oxygen atoms in total. The number of anilines is 1. The summed E-state index contributed by atoms with van der Waals surface area (Å²) in [5, 5.41) is 14.8. The second kappa shape index (κ2) is 7.03. The smallest absolute Gasteiger partial charge is 0.273 e. The largest absolute Gasteiger partial charge is 0.493 e. The normalized spacial score (nSPS) is 15.6. The lowest BCUT2D eigenvalue weighted by Crippen LogP contribution is -2.21. The summed E-state index contributed by atoms with van der Waals surface area (Å²) < 4.78 is 5.56. The zero-order valence-electron chi connectivity index (χ0n) is 14.4. The average molecular weight is 363 g/mol. The molecule has 136 valence electrons. The molecule has 0 radical (unpaired) electrons. The zero-order valence-corrected chi connectivity index (χ0v) is 14.4. The summed E-state index contributed by atoms with van der Waals surface area (Å²) in [6.45, 7) is 0.432. The number of nitrogens with one attached hydrogen (secondary N) is 1. The van der Waals surface area contributed by atoms with Gasteiger partial charge in [-0.3, -0.25) is 19.9 Å². The van der Waals surface area contributed by atoms with E-state index in [-0.39, 0.29) is 23.9 Å². The maximum absolute atomic E-state index is 12.6. The Balaban J connectivity index is 1.53. The Kier molecular flexibility index (Phi) is 4.42. The first-order valence-corrected chi connectivity index (χ1v) is 8.66. The van der Waals surface area contributed by atoms with E-state index in [4.69, 9.17) is 4.74 Å². The molecule has 4 rings (SSSR count). The number of nitro benzene ring substituents is 1. The van der Waals surface area contributed by atoms with Gasteiger partial charge in [-0.2, -0.15) is 0 Å². The van der Waals surface area contributed by atoms with E-state index in [0.29, 0.717) is 24.5 Å². The van der Waals surface area contributed by atoms with E-state index < -0.39 is 4.92 Å². The van der Waals surface area contributed by atoms with Gasteiger partial charge in [0, 0.05) is 24.1 Å². The molecule has 2 aromatic carbocycles. The SMILES string of the molecule is O=C(CC1CCOc2cc([N+](=O)[O-])ccc21)Nc1cccc2cccnc12. The van der Waals surface area contributed by atoms with E-state index in [9.17, 15) is 14.9 Å². The van der Waals surface area contributed by atoms with Crippen LogP contribution in [0.5, 0.6) is 5.75 Å². The Hall–Kier alpha value is -3.48. The van der Waals surface area contributed by atoms with Crippen molar-refractivity contribution >= 4 is 28.2 Å². The number of para-hydroxylation sites is 1. The highest BCUT2D eigenvalue weighted by atomic mass is 16.6. The Morgan fingerprint density at radius 3 is 2.96 bits per heavy atom. The van der Waals surface area contributed by atoms with Gasteiger partial charge in [0.25, 0.3) is 5.69 Å². The number of aromatic nitrogens is 1. The van der Waals surface area contributed by atoms with Crippen molar-refractivity contribution in [2.75, 3.05) is 11.9 Å². The van der Waals surface area contributed by atoms with Gasteiger partial charge in [-0.15, -0.1) is 0 Å². The molecular weight excluding hydrogens is 346 g/mol. The van der Waals surface area contributed by atoms with Crippen molar-refractivity contribution in [2.45, 2.75) is 18.8 Å². The lowest BCUT2D eigenvalue weighted by atomic mass is 9.89. The molecule has 0 bridgehead atoms. The summed E-state index contributed by atoms with van der Waals surface area (Å²) >= 11 is 0. The van der Waals surface area contributed by atoms with Crippen LogP contribution in [0, 0.1) is 10.1 Å². The van der Waals surface area contributed by atoms with E-state index >= 15 is 0 Å². The van der Waals surface area contributed by atoms with Crippen molar-refractivity contribution in [3.8, 4) is 5.75 Å². The molecule has 1 aliphatic heterocycles. The average Bonchev–Trinajstić information content (AvgIpc) is 2.68. The van der Waals surface area contributed by atoms with Crippen LogP contribution in [0.1, 0.15) is 24.3 Å². The van der Waals surface area contributed by atoms with Gasteiger partial charge < -0.3 is 10.1 Å². The molecule has 1 atom stereocenters. The molecule has 7 heteroatoms. The zero-order chi connectivity index (χ0) is 18.8. The molecule has 1 N–H and O–H groups in total. The Bertz CT molecular complexity index is 1030. The van der Waals surface area contributed by atoms with E-state index in [1.54, 1.807) is 12.3 Å². The molecule has 3 aromatic rings. The van der Waals surface area contributed by atoms with Crippen LogP contribution in [-0.2, 0) is 4.79 Å². The van der Waals surface area contributed by atoms with Crippen molar-refractivity contribution < 1.29 is 14.5 Å². The Labute approximate surface area is 155 Å². The predicted octanol–water partition coefficient (Wildman–Crippen LogP) is 4.04. The number of fused-ring (bicyclic) bond motifs is 2. The fourth-order valence-electron chi connectivity index (χ4n) is 3.41. The molecule has 0 saturated carbocycles. The topological polar surface area (TPSA) is 94.4 Å². The number of nitrogens with zero attached hydrogens (tertiary/aromatic N) is 2. The summed E-state index contributed by atoms with van der Waals surface area (Å²) in [5.74, 6) is 0.321. The molecule has 0 spiro atoms. The highest BCUT2D eigenvalue weighted by Crippen LogP contribution is 2.38. The first kappa shape index (κ1) is 17.0. The van der Waals surface area contributed by atoms with Crippen molar-refractivity contribution in [3.63, 3.8) is 0 Å². The number of carbonyl (C=O) groups excluding carboxylic acids is 1. The van der Waals surface area contributed by atoms with E-state index in [1.165, 1.54) is 12.1 Å². The van der Waals surface area contributed by atoms with E-state index in [0.717, 1.165) is 16.5 Å². The highest BCUT2D eigenvalue weighted by molar-refractivity contribution is 6.00. The third-order valence-corrected chi connectivity index (χ3v) is 4.71. The van der Waals surface area contributed by atoms with Gasteiger partial charge in [0.05, 0.1) is 28.8 Å². The summed E-state index contributed by atoms with van der Waals surface area (Å²) in [6, 6.07) is 14.0. The third kappa shape index (κ3) is 3.44. The predicted molar refractivity (Wildman–Crippen MR) is 101 cm³/mol. The number of pyridine rings is 1. The molecular formula is C20H17N3O4. The summed E-state index contributed by atoms with van der Waals surface area (Å²) in [5.41, 5.74) is 2.24. The number of hydrogen-bond donors (Lipinski definition) is 1. The van der Waals surface area contributed by atoms with Crippen LogP contribution in [0.15, 0.2) is 54.7 Å². The van der Waals surface area contributed by atoms with Crippen LogP contribution in [-0.4, -0.2) is 22.4 Å². The van der Waals surface area contributed by atoms with Crippen molar-refractivity contribution in [3.05, 3.63) is 70.4 Å². The monoisotopic (exact) mass is 363 g/mol. The van der Waals surface area contributed by atoms with E-state index in [1.807, 2.05) is 30.3 Å². The lowest BCUT2D eigenvalue weighted by molar-refractivity contribution is -0.385. The van der Waals surface area contributed by atoms with Crippen LogP contribution in [0.3, 0.4) is 0 Å². The second-order valence-corrected chi connectivity index (χ2v) is 6.45. The Morgan fingerprint density at radius 1 is 1.26 bits per heavy atom. The highest BCUT2D eigenvalue weighted by Gasteiger charge is 2.26. The first-order valence-electron chi connectivity index (χ1n) is 8.66. The number of ether oxygens (including phenoxy) is 1. The number of non-ortho nitro benzene ring substituents is 1. The Morgan fingerprint density at radius 2 is 2.11 bits per heavy atom. The van der Waals surface area contributed by atoms with Gasteiger partial charge in [-0.05, 0) is 36.1 Å². The lowest BCUT2D eigenvalue weighted by Gasteiger charge is -2.25. The minimum Gasteiger partial charge on any atom is -0.493 e. The number of amides is 1. The van der Waals surface area contributed by atoms with Crippen molar-refractivity contribution in [1.29, 1.82) is 0 Å². The van der Waals surface area contributed by atoms with Gasteiger partial charge in [-0.25, -0.2) is 0 Å². The van der Waals surface area contributed by atoms with Crippen LogP contribution in [0.2, 0.25) is 0 Å².